The molecule has 0 spiro atoms. The quantitative estimate of drug-likeness (QED) is 0.130. The van der Waals surface area contributed by atoms with Crippen LogP contribution in [0.1, 0.15) is 52.9 Å². The van der Waals surface area contributed by atoms with E-state index in [0.29, 0.717) is 18.6 Å². The molecule has 2 aliphatic heterocycles. The van der Waals surface area contributed by atoms with Gasteiger partial charge in [0.2, 0.25) is 11.8 Å². The number of hydrogen-bond acceptors (Lipinski definition) is 11. The first kappa shape index (κ1) is 33.8. The highest BCUT2D eigenvalue weighted by Crippen LogP contribution is 2.48. The molecule has 39 heavy (non-hydrogen) atoms. The van der Waals surface area contributed by atoms with Gasteiger partial charge in [-0.1, -0.05) is 12.8 Å². The minimum Gasteiger partial charge on any atom is -0.302 e. The van der Waals surface area contributed by atoms with Crippen molar-refractivity contribution in [2.75, 3.05) is 38.7 Å². The number of rotatable bonds is 18. The van der Waals surface area contributed by atoms with Crippen molar-refractivity contribution in [1.82, 2.24) is 9.80 Å². The first-order chi connectivity index (χ1) is 18.1. The van der Waals surface area contributed by atoms with E-state index in [1.54, 1.807) is 20.8 Å². The van der Waals surface area contributed by atoms with Crippen LogP contribution in [0.15, 0.2) is 12.2 Å². The van der Waals surface area contributed by atoms with E-state index in [-0.39, 0.29) is 37.9 Å². The Hall–Kier alpha value is -1.41. The van der Waals surface area contributed by atoms with Crippen LogP contribution < -0.4 is 0 Å². The second-order valence-corrected chi connectivity index (χ2v) is 13.8. The summed E-state index contributed by atoms with van der Waals surface area (Å²) in [4.78, 5) is 69.3. The van der Waals surface area contributed by atoms with Crippen LogP contribution in [0.25, 0.3) is 0 Å². The number of unbranched alkanes of at least 4 members (excludes halogenated alkanes) is 3. The van der Waals surface area contributed by atoms with Gasteiger partial charge in [0.15, 0.2) is 0 Å². The Morgan fingerprint density at radius 2 is 1.38 bits per heavy atom. The Kier molecular flexibility index (Phi) is 13.0. The lowest BCUT2D eigenvalue weighted by molar-refractivity contribution is -0.142. The molecule has 0 aliphatic carbocycles. The van der Waals surface area contributed by atoms with Gasteiger partial charge in [0, 0.05) is 31.7 Å². The molecule has 0 aromatic heterocycles. The Bertz CT molecular complexity index is 1010. The van der Waals surface area contributed by atoms with Gasteiger partial charge in [-0.15, -0.1) is 11.8 Å². The molecule has 1 saturated heterocycles. The van der Waals surface area contributed by atoms with E-state index < -0.39 is 51.5 Å². The Morgan fingerprint density at radius 3 is 2.00 bits per heavy atom. The predicted octanol–water partition coefficient (Wildman–Crippen LogP) is 2.40. The minimum absolute atomic E-state index is 0.0206. The summed E-state index contributed by atoms with van der Waals surface area (Å²) in [5, 5.41) is -0.495. The largest absolute Gasteiger partial charge is 0.472 e. The number of amides is 4. The number of carbonyl (C=O) groups is 4. The highest BCUT2D eigenvalue weighted by Gasteiger charge is 2.39. The molecule has 0 bridgehead atoms. The first-order valence-corrected chi connectivity index (χ1v) is 16.4. The molecule has 2 aliphatic rings. The van der Waals surface area contributed by atoms with Gasteiger partial charge >= 0.3 is 15.6 Å². The van der Waals surface area contributed by atoms with Crippen molar-refractivity contribution >= 4 is 51.0 Å². The minimum atomic E-state index is -4.34. The first-order valence-electron chi connectivity index (χ1n) is 12.4. The fourth-order valence-electron chi connectivity index (χ4n) is 3.55. The van der Waals surface area contributed by atoms with Gasteiger partial charge in [-0.25, -0.2) is 9.13 Å². The van der Waals surface area contributed by atoms with Gasteiger partial charge in [-0.05, 0) is 39.4 Å². The lowest BCUT2D eigenvalue weighted by atomic mass is 10.2. The van der Waals surface area contributed by atoms with E-state index in [1.807, 2.05) is 0 Å². The van der Waals surface area contributed by atoms with Crippen molar-refractivity contribution in [2.24, 2.45) is 0 Å². The standard InChI is InChI=1S/C22H36N2O12P2S/c1-22(2,3)36-38(31,32)35-14-13-34-37(29,30)33-12-6-4-5-7-15-39-17-16-20(27)24(21(17)28)11-10-23-18(25)8-9-19(23)26/h8-9,17H,4-7,10-16H2,1-3H3,(H,29,30)(H,31,32). The number of hydrogen-bond donors (Lipinski definition) is 2. The zero-order valence-corrected chi connectivity index (χ0v) is 24.8. The molecule has 0 saturated carbocycles. The number of phosphoric acid groups is 2. The van der Waals surface area contributed by atoms with Gasteiger partial charge in [-0.3, -0.25) is 47.1 Å². The molecule has 2 N–H and O–H groups in total. The number of thioether (sulfide) groups is 1. The van der Waals surface area contributed by atoms with E-state index in [4.69, 9.17) is 13.6 Å². The van der Waals surface area contributed by atoms with Gasteiger partial charge in [0.05, 0.1) is 30.7 Å². The van der Waals surface area contributed by atoms with Crippen molar-refractivity contribution in [2.45, 2.75) is 63.7 Å². The Morgan fingerprint density at radius 1 is 0.846 bits per heavy atom. The zero-order chi connectivity index (χ0) is 29.3. The topological polar surface area (TPSA) is 186 Å². The number of phosphoric ester groups is 2. The normalized spacial score (nSPS) is 21.2. The van der Waals surface area contributed by atoms with Crippen LogP contribution in [-0.4, -0.2) is 92.7 Å². The average Bonchev–Trinajstić information content (AvgIpc) is 3.27. The molecule has 3 unspecified atom stereocenters. The highest BCUT2D eigenvalue weighted by atomic mass is 32.2. The molecule has 14 nitrogen and oxygen atoms in total. The number of likely N-dealkylation sites (tertiary alicyclic amines) is 1. The van der Waals surface area contributed by atoms with Crippen LogP contribution in [-0.2, 0) is 46.4 Å². The second-order valence-electron chi connectivity index (χ2n) is 9.66. The molecule has 17 heteroatoms. The third kappa shape index (κ3) is 12.3. The number of carbonyl (C=O) groups excluding carboxylic acids is 4. The average molecular weight is 615 g/mol. The van der Waals surface area contributed by atoms with Crippen molar-refractivity contribution < 1.29 is 56.2 Å². The van der Waals surface area contributed by atoms with Crippen molar-refractivity contribution in [3.8, 4) is 0 Å². The summed E-state index contributed by atoms with van der Waals surface area (Å²) in [5.74, 6) is -0.930. The summed E-state index contributed by atoms with van der Waals surface area (Å²) in [6.07, 6.45) is 5.08. The van der Waals surface area contributed by atoms with E-state index in [0.717, 1.165) is 34.8 Å². The molecule has 0 aromatic rings. The van der Waals surface area contributed by atoms with E-state index >= 15 is 0 Å². The Balaban J connectivity index is 1.52. The van der Waals surface area contributed by atoms with Crippen molar-refractivity contribution in [3.63, 3.8) is 0 Å². The van der Waals surface area contributed by atoms with Crippen LogP contribution in [0, 0.1) is 0 Å². The van der Waals surface area contributed by atoms with E-state index in [2.05, 4.69) is 4.52 Å². The summed E-state index contributed by atoms with van der Waals surface area (Å²) < 4.78 is 42.7. The second kappa shape index (κ2) is 15.0. The lowest BCUT2D eigenvalue weighted by Crippen LogP contribution is -2.41. The molecule has 222 valence electrons. The predicted molar refractivity (Wildman–Crippen MR) is 140 cm³/mol. The maximum Gasteiger partial charge on any atom is 0.472 e. The molecular weight excluding hydrogens is 578 g/mol. The van der Waals surface area contributed by atoms with Gasteiger partial charge < -0.3 is 9.79 Å². The van der Waals surface area contributed by atoms with Crippen LogP contribution >= 0.6 is 27.4 Å². The summed E-state index contributed by atoms with van der Waals surface area (Å²) in [7, 11) is -8.67. The van der Waals surface area contributed by atoms with Crippen molar-refractivity contribution in [1.29, 1.82) is 0 Å². The molecule has 3 atom stereocenters. The molecule has 4 amide bonds. The third-order valence-corrected chi connectivity index (χ3v) is 8.84. The fourth-order valence-corrected chi connectivity index (χ4v) is 6.52. The molecule has 2 rings (SSSR count). The van der Waals surface area contributed by atoms with E-state index in [1.165, 1.54) is 11.8 Å². The van der Waals surface area contributed by atoms with Gasteiger partial charge in [-0.2, -0.15) is 0 Å². The van der Waals surface area contributed by atoms with E-state index in [9.17, 15) is 38.1 Å². The maximum absolute atomic E-state index is 12.5. The SMILES string of the molecule is CC(C)(C)OP(=O)(O)OCCOP(=O)(O)OCCCCCCSC1CC(=O)N(CCN2C(=O)C=CC2=O)C1=O. The molecule has 0 radical (unpaired) electrons. The molecule has 0 aromatic carbocycles. The molecule has 2 heterocycles. The van der Waals surface area contributed by atoms with Crippen LogP contribution in [0.4, 0.5) is 0 Å². The number of imide groups is 2. The fraction of sp³-hybridized carbons (Fsp3) is 0.727. The van der Waals surface area contributed by atoms with Gasteiger partial charge in [0.25, 0.3) is 11.8 Å². The number of nitrogens with zero attached hydrogens (tertiary/aromatic N) is 2. The molecular formula is C22H36N2O12P2S. The maximum atomic E-state index is 12.5. The van der Waals surface area contributed by atoms with Crippen molar-refractivity contribution in [3.05, 3.63) is 12.2 Å². The smallest absolute Gasteiger partial charge is 0.302 e. The summed E-state index contributed by atoms with van der Waals surface area (Å²) in [5.41, 5.74) is -0.911. The van der Waals surface area contributed by atoms with Crippen LogP contribution in [0.3, 0.4) is 0 Å². The summed E-state index contributed by atoms with van der Waals surface area (Å²) in [6, 6.07) is 0. The zero-order valence-electron chi connectivity index (χ0n) is 22.2. The van der Waals surface area contributed by atoms with Gasteiger partial charge in [0.1, 0.15) is 0 Å². The summed E-state index contributed by atoms with van der Waals surface area (Å²) in [6.45, 7) is 3.74. The summed E-state index contributed by atoms with van der Waals surface area (Å²) >= 11 is 1.38. The Labute approximate surface area is 231 Å². The van der Waals surface area contributed by atoms with Crippen LogP contribution in [0.2, 0.25) is 0 Å². The highest BCUT2D eigenvalue weighted by molar-refractivity contribution is 8.00. The third-order valence-electron chi connectivity index (χ3n) is 5.24. The monoisotopic (exact) mass is 614 g/mol. The lowest BCUT2D eigenvalue weighted by Gasteiger charge is -2.22. The van der Waals surface area contributed by atoms with Crippen LogP contribution in [0.5, 0.6) is 0 Å². The molecule has 1 fully saturated rings.